The molecule has 0 radical (unpaired) electrons. The fourth-order valence-corrected chi connectivity index (χ4v) is 5.97. The number of rotatable bonds is 12. The second kappa shape index (κ2) is 11.7. The fraction of sp³-hybridized carbons (Fsp3) is 0.391. The summed E-state index contributed by atoms with van der Waals surface area (Å²) in [5, 5.41) is -4.70. The minimum Gasteiger partial charge on any atom is -0.495 e. The van der Waals surface area contributed by atoms with Crippen LogP contribution in [0, 0.1) is 0 Å². The second-order valence-corrected chi connectivity index (χ2v) is 12.1. The normalized spacial score (nSPS) is 13.8. The average molecular weight is 599 g/mol. The van der Waals surface area contributed by atoms with Crippen molar-refractivity contribution in [2.75, 3.05) is 36.0 Å². The number of thioether (sulfide) groups is 1. The van der Waals surface area contributed by atoms with Gasteiger partial charge in [-0.05, 0) is 54.7 Å². The van der Waals surface area contributed by atoms with Crippen LogP contribution < -0.4 is 20.5 Å². The molecule has 0 aliphatic rings. The van der Waals surface area contributed by atoms with Crippen LogP contribution in [0.3, 0.4) is 0 Å². The van der Waals surface area contributed by atoms with E-state index in [0.29, 0.717) is 34.7 Å². The van der Waals surface area contributed by atoms with Gasteiger partial charge in [-0.15, -0.1) is 0 Å². The van der Waals surface area contributed by atoms with Gasteiger partial charge < -0.3 is 14.2 Å². The number of benzene rings is 2. The largest absolute Gasteiger partial charge is 0.495 e. The summed E-state index contributed by atoms with van der Waals surface area (Å²) in [7, 11) is -2.19. The summed E-state index contributed by atoms with van der Waals surface area (Å²) in [5.74, 6) is 3.85. The molecule has 0 spiro atoms. The Bertz CT molecular complexity index is 1370. The summed E-state index contributed by atoms with van der Waals surface area (Å²) in [4.78, 5) is 6.08. The Morgan fingerprint density at radius 2 is 1.79 bits per heavy atom. The molecule has 0 fully saturated rings. The van der Waals surface area contributed by atoms with E-state index >= 15 is 0 Å². The van der Waals surface area contributed by atoms with Crippen LogP contribution in [0.4, 0.5) is 38.5 Å². The number of alkyl halides is 5. The van der Waals surface area contributed by atoms with Gasteiger partial charge in [0.25, 0.3) is 0 Å². The molecule has 3 rings (SSSR count). The summed E-state index contributed by atoms with van der Waals surface area (Å²) < 4.78 is 93.4. The number of anilines is 3. The number of nitrogens with one attached hydrogen (secondary N) is 2. The van der Waals surface area contributed by atoms with Crippen molar-refractivity contribution >= 4 is 65.5 Å². The van der Waals surface area contributed by atoms with Gasteiger partial charge in [0.1, 0.15) is 15.6 Å². The molecule has 1 unspecified atom stereocenters. The third-order valence-electron chi connectivity index (χ3n) is 5.19. The molecular formula is C23H27F5N4O3S3. The number of hydrogen-bond acceptors (Lipinski definition) is 8. The van der Waals surface area contributed by atoms with Crippen molar-refractivity contribution in [3.8, 4) is 5.75 Å². The van der Waals surface area contributed by atoms with E-state index in [1.54, 1.807) is 12.1 Å². The van der Waals surface area contributed by atoms with E-state index in [-0.39, 0.29) is 20.6 Å². The van der Waals surface area contributed by atoms with Crippen LogP contribution in [0.5, 0.6) is 5.75 Å². The third kappa shape index (κ3) is 6.93. The molecule has 0 saturated heterocycles. The van der Waals surface area contributed by atoms with E-state index in [1.807, 2.05) is 13.8 Å². The summed E-state index contributed by atoms with van der Waals surface area (Å²) in [5.41, 5.74) is 6.82. The number of ether oxygens (including phenoxy) is 1. The zero-order valence-corrected chi connectivity index (χ0v) is 23.1. The van der Waals surface area contributed by atoms with Crippen molar-refractivity contribution in [3.05, 3.63) is 30.3 Å². The first-order chi connectivity index (χ1) is 17.7. The predicted octanol–water partition coefficient (Wildman–Crippen LogP) is 7.17. The molecule has 1 heterocycles. The maximum atomic E-state index is 13.4. The van der Waals surface area contributed by atoms with Crippen molar-refractivity contribution < 1.29 is 35.5 Å². The molecule has 0 bridgehead atoms. The molecule has 0 aliphatic heterocycles. The lowest BCUT2D eigenvalue weighted by atomic mass is 10.2. The monoisotopic (exact) mass is 598 g/mol. The first kappa shape index (κ1) is 30.1. The Morgan fingerprint density at radius 3 is 2.34 bits per heavy atom. The molecule has 3 N–H and O–H groups in total. The first-order valence-corrected chi connectivity index (χ1v) is 14.6. The zero-order chi connectivity index (χ0) is 28.3. The van der Waals surface area contributed by atoms with Gasteiger partial charge in [0.05, 0.1) is 33.6 Å². The number of nitrogens with zero attached hydrogens (tertiary/aromatic N) is 2. The first-order valence-electron chi connectivity index (χ1n) is 11.3. The molecule has 1 atom stereocenters. The molecule has 7 nitrogen and oxygen atoms in total. The van der Waals surface area contributed by atoms with Crippen molar-refractivity contribution in [2.24, 2.45) is 0 Å². The van der Waals surface area contributed by atoms with E-state index in [1.165, 1.54) is 19.2 Å². The van der Waals surface area contributed by atoms with Gasteiger partial charge in [0.2, 0.25) is 5.13 Å². The van der Waals surface area contributed by atoms with Gasteiger partial charge in [-0.2, -0.15) is 22.0 Å². The lowest BCUT2D eigenvalue weighted by Crippen LogP contribution is -2.32. The number of aromatic nitrogens is 1. The standard InChI is InChI=1S/C23H27F5N4O3S3/c1-5-9-32(10-6-2)17-13-20(38(4,33)34)16(12-18(17)35-3)30-31-21-29-15-8-7-14(11-19(15)36-21)37-23(27,28)22(24,25)26/h7-8,11-13,30H,4-6,9-10H2,1-3H3,(H,29,31)(H,33,34). The van der Waals surface area contributed by atoms with Gasteiger partial charge in [-0.1, -0.05) is 25.2 Å². The number of hydrazine groups is 1. The van der Waals surface area contributed by atoms with E-state index in [2.05, 4.69) is 26.6 Å². The highest BCUT2D eigenvalue weighted by Crippen LogP contribution is 2.48. The minimum atomic E-state index is -5.69. The van der Waals surface area contributed by atoms with Crippen LogP contribution >= 0.6 is 23.1 Å². The highest BCUT2D eigenvalue weighted by Gasteiger charge is 2.58. The molecule has 15 heteroatoms. The predicted molar refractivity (Wildman–Crippen MR) is 146 cm³/mol. The maximum absolute atomic E-state index is 13.4. The van der Waals surface area contributed by atoms with Gasteiger partial charge in [-0.3, -0.25) is 10.9 Å². The Hall–Kier alpha value is -2.49. The van der Waals surface area contributed by atoms with Gasteiger partial charge in [0.15, 0.2) is 0 Å². The van der Waals surface area contributed by atoms with Gasteiger partial charge in [-0.25, -0.2) is 9.19 Å². The Kier molecular flexibility index (Phi) is 9.27. The van der Waals surface area contributed by atoms with E-state index in [0.717, 1.165) is 30.2 Å². The van der Waals surface area contributed by atoms with Gasteiger partial charge >= 0.3 is 11.4 Å². The van der Waals surface area contributed by atoms with Crippen LogP contribution in [0.25, 0.3) is 10.2 Å². The Morgan fingerprint density at radius 1 is 1.13 bits per heavy atom. The Labute approximate surface area is 225 Å². The smallest absolute Gasteiger partial charge is 0.464 e. The number of methoxy groups -OCH3 is 1. The highest BCUT2D eigenvalue weighted by molar-refractivity contribution is 8.00. The average Bonchev–Trinajstić information content (AvgIpc) is 3.22. The number of halogens is 5. The Balaban J connectivity index is 1.90. The van der Waals surface area contributed by atoms with Gasteiger partial charge in [0, 0.05) is 24.1 Å². The lowest BCUT2D eigenvalue weighted by Gasteiger charge is -2.27. The van der Waals surface area contributed by atoms with E-state index < -0.39 is 33.0 Å². The molecular weight excluding hydrogens is 571 g/mol. The molecule has 38 heavy (non-hydrogen) atoms. The van der Waals surface area contributed by atoms with Crippen molar-refractivity contribution in [3.63, 3.8) is 0 Å². The molecule has 2 aromatic carbocycles. The van der Waals surface area contributed by atoms with Crippen molar-refractivity contribution in [1.29, 1.82) is 0 Å². The van der Waals surface area contributed by atoms with Crippen LogP contribution in [-0.4, -0.2) is 51.2 Å². The number of thiazole rings is 1. The quantitative estimate of drug-likeness (QED) is 0.0876. The molecule has 3 aromatic rings. The lowest BCUT2D eigenvalue weighted by molar-refractivity contribution is -0.237. The maximum Gasteiger partial charge on any atom is 0.464 e. The van der Waals surface area contributed by atoms with Crippen LogP contribution in [0.2, 0.25) is 0 Å². The van der Waals surface area contributed by atoms with Crippen LogP contribution in [0.1, 0.15) is 26.7 Å². The molecule has 1 aromatic heterocycles. The zero-order valence-electron chi connectivity index (χ0n) is 20.7. The number of fused-ring (bicyclic) bond motifs is 1. The number of hydrogen-bond donors (Lipinski definition) is 3. The van der Waals surface area contributed by atoms with Crippen LogP contribution in [0.15, 0.2) is 40.1 Å². The van der Waals surface area contributed by atoms with E-state index in [9.17, 15) is 30.7 Å². The topological polar surface area (TPSA) is 86.7 Å². The minimum absolute atomic E-state index is 0.0205. The SMILES string of the molecule is C=S(=O)(O)c1cc(N(CCC)CCC)c(OC)cc1NNc1nc2ccc(SC(F)(F)C(F)(F)F)cc2s1. The van der Waals surface area contributed by atoms with Crippen molar-refractivity contribution in [1.82, 2.24) is 4.98 Å². The molecule has 0 saturated carbocycles. The fourth-order valence-electron chi connectivity index (χ4n) is 3.56. The summed E-state index contributed by atoms with van der Waals surface area (Å²) in [6.07, 6.45) is -3.98. The highest BCUT2D eigenvalue weighted by atomic mass is 32.2. The second-order valence-electron chi connectivity index (χ2n) is 8.16. The van der Waals surface area contributed by atoms with Crippen LogP contribution in [-0.2, 0) is 9.80 Å². The molecule has 0 aliphatic carbocycles. The summed E-state index contributed by atoms with van der Waals surface area (Å²) >= 11 is 0.402. The van der Waals surface area contributed by atoms with Crippen molar-refractivity contribution in [2.45, 2.75) is 47.9 Å². The summed E-state index contributed by atoms with van der Waals surface area (Å²) in [6.45, 7) is 5.46. The molecule has 0 amide bonds. The summed E-state index contributed by atoms with van der Waals surface area (Å²) in [6, 6.07) is 6.76. The van der Waals surface area contributed by atoms with E-state index in [4.69, 9.17) is 4.74 Å². The third-order valence-corrected chi connectivity index (χ3v) is 8.13. The molecule has 210 valence electrons.